The van der Waals surface area contributed by atoms with Gasteiger partial charge in [0.2, 0.25) is 0 Å². The van der Waals surface area contributed by atoms with E-state index in [2.05, 4.69) is 9.80 Å². The van der Waals surface area contributed by atoms with Gasteiger partial charge in [-0.3, -0.25) is 0 Å². The zero-order chi connectivity index (χ0) is 13.7. The van der Waals surface area contributed by atoms with E-state index in [4.69, 9.17) is 22.7 Å². The number of methoxy groups -OCH3 is 1. The van der Waals surface area contributed by atoms with Crippen molar-refractivity contribution in [2.75, 3.05) is 46.2 Å². The maximum absolute atomic E-state index is 5.75. The first-order chi connectivity index (χ1) is 8.45. The largest absolute Gasteiger partial charge is 0.497 e. The van der Waals surface area contributed by atoms with Gasteiger partial charge in [0.05, 0.1) is 12.8 Å². The fourth-order valence-electron chi connectivity index (χ4n) is 1.63. The standard InChI is InChI=1S/C13H21N3OS/c1-15(2)7-8-16(3)12-9-10(17-4)5-6-11(12)13(14)18/h5-6,9H,7-8H2,1-4H3,(H2,14,18). The van der Waals surface area contributed by atoms with E-state index in [9.17, 15) is 0 Å². The highest BCUT2D eigenvalue weighted by Crippen LogP contribution is 2.25. The molecule has 0 bridgehead atoms. The topological polar surface area (TPSA) is 41.7 Å². The smallest absolute Gasteiger partial charge is 0.120 e. The van der Waals surface area contributed by atoms with Crippen LogP contribution in [0.5, 0.6) is 5.75 Å². The van der Waals surface area contributed by atoms with Gasteiger partial charge in [0.25, 0.3) is 0 Å². The van der Waals surface area contributed by atoms with Crippen molar-refractivity contribution in [3.63, 3.8) is 0 Å². The molecule has 5 heteroatoms. The molecule has 0 saturated heterocycles. The first kappa shape index (κ1) is 14.7. The maximum atomic E-state index is 5.75. The second-order valence-electron chi connectivity index (χ2n) is 4.47. The third kappa shape index (κ3) is 3.85. The van der Waals surface area contributed by atoms with Gasteiger partial charge in [-0.2, -0.15) is 0 Å². The highest BCUT2D eigenvalue weighted by atomic mass is 32.1. The van der Waals surface area contributed by atoms with E-state index in [1.807, 2.05) is 39.3 Å². The quantitative estimate of drug-likeness (QED) is 0.788. The molecule has 0 unspecified atom stereocenters. The molecule has 100 valence electrons. The SMILES string of the molecule is COc1ccc(C(N)=S)c(N(C)CCN(C)C)c1. The lowest BCUT2D eigenvalue weighted by Gasteiger charge is -2.24. The molecule has 1 rings (SSSR count). The minimum absolute atomic E-state index is 0.407. The summed E-state index contributed by atoms with van der Waals surface area (Å²) in [7, 11) is 7.78. The van der Waals surface area contributed by atoms with Crippen molar-refractivity contribution >= 4 is 22.9 Å². The van der Waals surface area contributed by atoms with Gasteiger partial charge < -0.3 is 20.3 Å². The molecule has 0 amide bonds. The summed E-state index contributed by atoms with van der Waals surface area (Å²) < 4.78 is 5.24. The molecular formula is C13H21N3OS. The summed E-state index contributed by atoms with van der Waals surface area (Å²) in [4.78, 5) is 4.68. The minimum Gasteiger partial charge on any atom is -0.497 e. The third-order valence-electron chi connectivity index (χ3n) is 2.76. The first-order valence-electron chi connectivity index (χ1n) is 5.79. The number of hydrogen-bond acceptors (Lipinski definition) is 4. The molecule has 1 aromatic carbocycles. The highest BCUT2D eigenvalue weighted by molar-refractivity contribution is 7.80. The minimum atomic E-state index is 0.407. The van der Waals surface area contributed by atoms with Crippen LogP contribution in [0.1, 0.15) is 5.56 Å². The molecule has 0 fully saturated rings. The van der Waals surface area contributed by atoms with Crippen LogP contribution in [0, 0.1) is 0 Å². The van der Waals surface area contributed by atoms with Gasteiger partial charge in [0.1, 0.15) is 10.7 Å². The summed E-state index contributed by atoms with van der Waals surface area (Å²) >= 11 is 5.08. The second-order valence-corrected chi connectivity index (χ2v) is 4.91. The fraction of sp³-hybridized carbons (Fsp3) is 0.462. The monoisotopic (exact) mass is 267 g/mol. The molecule has 1 aromatic rings. The Balaban J connectivity index is 2.99. The Labute approximate surface area is 114 Å². The molecule has 0 atom stereocenters. The number of likely N-dealkylation sites (N-methyl/N-ethyl adjacent to an activating group) is 2. The van der Waals surface area contributed by atoms with Crippen LogP contribution in [-0.2, 0) is 0 Å². The molecule has 0 aliphatic rings. The number of nitrogens with zero attached hydrogens (tertiary/aromatic N) is 2. The fourth-order valence-corrected chi connectivity index (χ4v) is 1.81. The van der Waals surface area contributed by atoms with Crippen LogP contribution >= 0.6 is 12.2 Å². The van der Waals surface area contributed by atoms with Crippen LogP contribution in [-0.4, -0.2) is 51.2 Å². The summed E-state index contributed by atoms with van der Waals surface area (Å²) in [6, 6.07) is 5.74. The predicted octanol–water partition coefficient (Wildman–Crippen LogP) is 1.33. The summed E-state index contributed by atoms with van der Waals surface area (Å²) in [5.41, 5.74) is 7.64. The van der Waals surface area contributed by atoms with Crippen LogP contribution in [0.25, 0.3) is 0 Å². The van der Waals surface area contributed by atoms with Crippen molar-refractivity contribution in [1.29, 1.82) is 0 Å². The number of nitrogens with two attached hydrogens (primary N) is 1. The number of rotatable bonds is 6. The molecule has 0 aromatic heterocycles. The van der Waals surface area contributed by atoms with E-state index < -0.39 is 0 Å². The molecule has 0 spiro atoms. The van der Waals surface area contributed by atoms with Crippen molar-refractivity contribution in [3.8, 4) is 5.75 Å². The van der Waals surface area contributed by atoms with Crippen molar-refractivity contribution in [1.82, 2.24) is 4.90 Å². The van der Waals surface area contributed by atoms with Crippen molar-refractivity contribution < 1.29 is 4.74 Å². The molecule has 0 aliphatic heterocycles. The van der Waals surface area contributed by atoms with Crippen LogP contribution in [0.2, 0.25) is 0 Å². The van der Waals surface area contributed by atoms with E-state index >= 15 is 0 Å². The lowest BCUT2D eigenvalue weighted by molar-refractivity contribution is 0.412. The average Bonchev–Trinajstić information content (AvgIpc) is 2.34. The number of benzene rings is 1. The van der Waals surface area contributed by atoms with Crippen LogP contribution < -0.4 is 15.4 Å². The molecule has 0 saturated carbocycles. The van der Waals surface area contributed by atoms with Gasteiger partial charge in [0, 0.05) is 31.8 Å². The molecule has 18 heavy (non-hydrogen) atoms. The van der Waals surface area contributed by atoms with Gasteiger partial charge in [-0.1, -0.05) is 12.2 Å². The second kappa shape index (κ2) is 6.56. The Morgan fingerprint density at radius 3 is 2.44 bits per heavy atom. The molecule has 0 aliphatic carbocycles. The Morgan fingerprint density at radius 1 is 1.28 bits per heavy atom. The van der Waals surface area contributed by atoms with E-state index in [0.29, 0.717) is 4.99 Å². The summed E-state index contributed by atoms with van der Waals surface area (Å²) in [5.74, 6) is 0.807. The zero-order valence-electron chi connectivity index (χ0n) is 11.4. The molecular weight excluding hydrogens is 246 g/mol. The van der Waals surface area contributed by atoms with Gasteiger partial charge in [0.15, 0.2) is 0 Å². The third-order valence-corrected chi connectivity index (χ3v) is 2.98. The van der Waals surface area contributed by atoms with Crippen LogP contribution in [0.15, 0.2) is 18.2 Å². The molecule has 0 heterocycles. The van der Waals surface area contributed by atoms with E-state index in [0.717, 1.165) is 30.1 Å². The number of hydrogen-bond donors (Lipinski definition) is 1. The van der Waals surface area contributed by atoms with Crippen LogP contribution in [0.3, 0.4) is 0 Å². The van der Waals surface area contributed by atoms with Gasteiger partial charge in [-0.25, -0.2) is 0 Å². The number of thiocarbonyl (C=S) groups is 1. The number of ether oxygens (including phenoxy) is 1. The predicted molar refractivity (Wildman–Crippen MR) is 80.7 cm³/mol. The van der Waals surface area contributed by atoms with E-state index in [1.54, 1.807) is 7.11 Å². The van der Waals surface area contributed by atoms with E-state index in [-0.39, 0.29) is 0 Å². The molecule has 4 nitrogen and oxygen atoms in total. The highest BCUT2D eigenvalue weighted by Gasteiger charge is 2.11. The van der Waals surface area contributed by atoms with Crippen LogP contribution in [0.4, 0.5) is 5.69 Å². The average molecular weight is 267 g/mol. The summed E-state index contributed by atoms with van der Waals surface area (Å²) in [5, 5.41) is 0. The van der Waals surface area contributed by atoms with E-state index in [1.165, 1.54) is 0 Å². The van der Waals surface area contributed by atoms with Gasteiger partial charge in [-0.05, 0) is 26.2 Å². The number of anilines is 1. The van der Waals surface area contributed by atoms with Crippen molar-refractivity contribution in [2.24, 2.45) is 5.73 Å². The molecule has 0 radical (unpaired) electrons. The summed E-state index contributed by atoms with van der Waals surface area (Å²) in [6.07, 6.45) is 0. The first-order valence-corrected chi connectivity index (χ1v) is 6.20. The maximum Gasteiger partial charge on any atom is 0.120 e. The van der Waals surface area contributed by atoms with Gasteiger partial charge >= 0.3 is 0 Å². The van der Waals surface area contributed by atoms with Crippen molar-refractivity contribution in [2.45, 2.75) is 0 Å². The lowest BCUT2D eigenvalue weighted by Crippen LogP contribution is -2.30. The summed E-state index contributed by atoms with van der Waals surface area (Å²) in [6.45, 7) is 1.86. The Bertz CT molecular complexity index is 421. The zero-order valence-corrected chi connectivity index (χ0v) is 12.3. The Morgan fingerprint density at radius 2 is 1.94 bits per heavy atom. The van der Waals surface area contributed by atoms with Gasteiger partial charge in [-0.15, -0.1) is 0 Å². The van der Waals surface area contributed by atoms with Crippen molar-refractivity contribution in [3.05, 3.63) is 23.8 Å². The normalized spacial score (nSPS) is 10.5. The molecule has 2 N–H and O–H groups in total. The Kier molecular flexibility index (Phi) is 5.37. The Hall–Kier alpha value is -1.33. The lowest BCUT2D eigenvalue weighted by atomic mass is 10.1.